The molecule has 0 spiro atoms. The van der Waals surface area contributed by atoms with Crippen molar-refractivity contribution in [2.24, 2.45) is 0 Å². The molecular weight excluding hydrogens is 393 g/mol. The van der Waals surface area contributed by atoms with E-state index in [0.717, 1.165) is 6.42 Å². The standard InChI is InChI=1S/C4H9.2HI.Zr/c1-3-4-2;;;/h1,3-4H2,2H3;2*1H;/q-1;;;+2/p-2. The molecule has 3 heteroatoms. The van der Waals surface area contributed by atoms with E-state index in [-0.39, 0.29) is 14.9 Å². The summed E-state index contributed by atoms with van der Waals surface area (Å²) in [5, 5.41) is 0. The Hall–Kier alpha value is 2.34. The van der Waals surface area contributed by atoms with E-state index in [9.17, 15) is 0 Å². The summed E-state index contributed by atoms with van der Waals surface area (Å²) in [7, 11) is 0. The molecule has 0 aromatic carbocycles. The Morgan fingerprint density at radius 1 is 1.57 bits per heavy atom. The van der Waals surface area contributed by atoms with E-state index in [2.05, 4.69) is 49.9 Å². The molecule has 0 aromatic heterocycles. The van der Waals surface area contributed by atoms with Crippen LogP contribution in [0, 0.1) is 6.92 Å². The van der Waals surface area contributed by atoms with Gasteiger partial charge in [0, 0.05) is 0 Å². The minimum absolute atomic E-state index is 0.170. The predicted molar refractivity (Wildman–Crippen MR) is 48.3 cm³/mol. The third kappa shape index (κ3) is 30.0. The summed E-state index contributed by atoms with van der Waals surface area (Å²) in [5.74, 6) is 0. The van der Waals surface area contributed by atoms with E-state index >= 15 is 0 Å². The zero-order valence-corrected chi connectivity index (χ0v) is 11.2. The fourth-order valence-corrected chi connectivity index (χ4v) is 0. The van der Waals surface area contributed by atoms with Gasteiger partial charge in [-0.2, -0.15) is 6.42 Å². The molecule has 0 unspecified atom stereocenters. The summed E-state index contributed by atoms with van der Waals surface area (Å²) in [6.45, 7) is 5.72. The molecule has 0 bridgehead atoms. The van der Waals surface area contributed by atoms with Crippen LogP contribution in [0.5, 0.6) is 0 Å². The van der Waals surface area contributed by atoms with Crippen molar-refractivity contribution >= 4 is 36.1 Å². The number of halogens is 2. The summed E-state index contributed by atoms with van der Waals surface area (Å²) < 4.78 is 0. The quantitative estimate of drug-likeness (QED) is 0.466. The van der Waals surface area contributed by atoms with Gasteiger partial charge in [-0.3, -0.25) is 0 Å². The normalized spacial score (nSPS) is 6.29. The van der Waals surface area contributed by atoms with Gasteiger partial charge in [-0.05, 0) is 0 Å². The van der Waals surface area contributed by atoms with Crippen LogP contribution in [0.15, 0.2) is 0 Å². The SMILES string of the molecule is [CH2-]CCC.[I][Zr][I]. The van der Waals surface area contributed by atoms with Crippen molar-refractivity contribution < 1.29 is 14.9 Å². The Bertz CT molecular complexity index is 17.2. The molecule has 0 aliphatic rings. The van der Waals surface area contributed by atoms with Crippen LogP contribution < -0.4 is 0 Å². The van der Waals surface area contributed by atoms with Crippen LogP contribution in [0.25, 0.3) is 0 Å². The van der Waals surface area contributed by atoms with Crippen LogP contribution in [-0.4, -0.2) is 0 Å². The molecule has 0 aliphatic heterocycles. The summed E-state index contributed by atoms with van der Waals surface area (Å²) in [5.41, 5.74) is 0. The molecule has 0 amide bonds. The molecular formula is C4H9I2Zr-. The predicted octanol–water partition coefficient (Wildman–Crippen LogP) is 3.39. The van der Waals surface area contributed by atoms with E-state index in [1.165, 1.54) is 6.42 Å². The summed E-state index contributed by atoms with van der Waals surface area (Å²) >= 11 is 5.06. The van der Waals surface area contributed by atoms with Gasteiger partial charge in [0.2, 0.25) is 0 Å². The van der Waals surface area contributed by atoms with Gasteiger partial charge in [-0.1, -0.05) is 13.3 Å². The Morgan fingerprint density at radius 3 is 1.71 bits per heavy atom. The maximum absolute atomic E-state index is 3.60. The third-order valence-corrected chi connectivity index (χ3v) is 0.354. The molecule has 0 saturated carbocycles. The fraction of sp³-hybridized carbons (Fsp3) is 0.750. The molecule has 0 atom stereocenters. The van der Waals surface area contributed by atoms with Crippen LogP contribution in [0.2, 0.25) is 0 Å². The number of unbranched alkanes of at least 4 members (excludes halogenated alkanes) is 1. The molecule has 0 saturated heterocycles. The van der Waals surface area contributed by atoms with Gasteiger partial charge in [-0.15, -0.1) is 0 Å². The molecule has 0 aliphatic carbocycles. The molecule has 0 aromatic rings. The first kappa shape index (κ1) is 12.1. The van der Waals surface area contributed by atoms with Crippen LogP contribution in [0.1, 0.15) is 19.8 Å². The molecule has 44 valence electrons. The Morgan fingerprint density at radius 2 is 1.71 bits per heavy atom. The maximum atomic E-state index is 3.60. The van der Waals surface area contributed by atoms with Gasteiger partial charge >= 0.3 is 50.9 Å². The Balaban J connectivity index is 0. The topological polar surface area (TPSA) is 0 Å². The monoisotopic (exact) mass is 401 g/mol. The first-order chi connectivity index (χ1) is 3.33. The average molecular weight is 402 g/mol. The van der Waals surface area contributed by atoms with E-state index in [1.54, 1.807) is 0 Å². The fourth-order valence-electron chi connectivity index (χ4n) is 0. The van der Waals surface area contributed by atoms with E-state index in [1.807, 2.05) is 0 Å². The van der Waals surface area contributed by atoms with Gasteiger partial charge in [0.05, 0.1) is 0 Å². The van der Waals surface area contributed by atoms with E-state index in [4.69, 9.17) is 0 Å². The minimum atomic E-state index is 0.170. The van der Waals surface area contributed by atoms with Crippen molar-refractivity contribution in [3.05, 3.63) is 6.92 Å². The second-order valence-corrected chi connectivity index (χ2v) is 19.9. The van der Waals surface area contributed by atoms with Crippen molar-refractivity contribution in [3.63, 3.8) is 0 Å². The Labute approximate surface area is 76.2 Å². The summed E-state index contributed by atoms with van der Waals surface area (Å²) in [4.78, 5) is 0. The molecule has 0 radical (unpaired) electrons. The molecule has 0 rings (SSSR count). The second kappa shape index (κ2) is 15.8. The van der Waals surface area contributed by atoms with Crippen molar-refractivity contribution in [2.45, 2.75) is 19.8 Å². The zero-order valence-electron chi connectivity index (χ0n) is 4.38. The van der Waals surface area contributed by atoms with Gasteiger partial charge in [0.25, 0.3) is 0 Å². The summed E-state index contributed by atoms with van der Waals surface area (Å²) in [6, 6.07) is 0. The van der Waals surface area contributed by atoms with Crippen molar-refractivity contribution in [1.82, 2.24) is 0 Å². The second-order valence-electron chi connectivity index (χ2n) is 0.925. The van der Waals surface area contributed by atoms with Gasteiger partial charge in [0.1, 0.15) is 0 Å². The molecule has 0 N–H and O–H groups in total. The number of hydrogen-bond acceptors (Lipinski definition) is 0. The van der Waals surface area contributed by atoms with Gasteiger partial charge in [0.15, 0.2) is 0 Å². The van der Waals surface area contributed by atoms with Gasteiger partial charge < -0.3 is 6.92 Å². The van der Waals surface area contributed by atoms with Crippen LogP contribution in [-0.2, 0) is 14.9 Å². The van der Waals surface area contributed by atoms with E-state index in [0.29, 0.717) is 0 Å². The first-order valence-electron chi connectivity index (χ1n) is 2.09. The van der Waals surface area contributed by atoms with Crippen molar-refractivity contribution in [2.75, 3.05) is 0 Å². The molecule has 7 heavy (non-hydrogen) atoms. The third-order valence-electron chi connectivity index (χ3n) is 0.354. The Kier molecular flexibility index (Phi) is 27.2. The zero-order chi connectivity index (χ0) is 6.12. The van der Waals surface area contributed by atoms with Crippen LogP contribution >= 0.6 is 36.1 Å². The number of hydrogen-bond donors (Lipinski definition) is 0. The first-order valence-corrected chi connectivity index (χ1v) is 16.7. The molecule has 0 nitrogen and oxygen atoms in total. The van der Waals surface area contributed by atoms with Gasteiger partial charge in [-0.25, -0.2) is 0 Å². The summed E-state index contributed by atoms with van der Waals surface area (Å²) in [6.07, 6.45) is 2.28. The van der Waals surface area contributed by atoms with E-state index < -0.39 is 0 Å². The molecule has 0 fully saturated rings. The average Bonchev–Trinajstić information content (AvgIpc) is 1.69. The van der Waals surface area contributed by atoms with Crippen LogP contribution in [0.4, 0.5) is 0 Å². The van der Waals surface area contributed by atoms with Crippen molar-refractivity contribution in [1.29, 1.82) is 0 Å². The van der Waals surface area contributed by atoms with Crippen molar-refractivity contribution in [3.8, 4) is 0 Å². The molecule has 0 heterocycles. The van der Waals surface area contributed by atoms with Crippen LogP contribution in [0.3, 0.4) is 0 Å². The number of rotatable bonds is 1.